The second-order valence-electron chi connectivity index (χ2n) is 9.11. The van der Waals surface area contributed by atoms with Gasteiger partial charge in [0.15, 0.2) is 11.5 Å². The molecule has 190 valence electrons. The van der Waals surface area contributed by atoms with Crippen LogP contribution in [0.3, 0.4) is 0 Å². The van der Waals surface area contributed by atoms with Crippen LogP contribution in [-0.4, -0.2) is 36.2 Å². The van der Waals surface area contributed by atoms with Crippen LogP contribution in [0.1, 0.15) is 39.8 Å². The minimum absolute atomic E-state index is 0.152. The Kier molecular flexibility index (Phi) is 7.40. The highest BCUT2D eigenvalue weighted by molar-refractivity contribution is 5.92. The van der Waals surface area contributed by atoms with E-state index in [9.17, 15) is 4.79 Å². The van der Waals surface area contributed by atoms with Gasteiger partial charge in [-0.15, -0.1) is 0 Å². The summed E-state index contributed by atoms with van der Waals surface area (Å²) in [6.07, 6.45) is 4.40. The molecule has 0 radical (unpaired) electrons. The van der Waals surface area contributed by atoms with E-state index in [1.54, 1.807) is 14.2 Å². The van der Waals surface area contributed by atoms with Crippen LogP contribution in [0.2, 0.25) is 0 Å². The molecule has 1 amide bonds. The number of carbonyl (C=O) groups is 1. The number of imidazole rings is 1. The molecule has 0 aliphatic carbocycles. The van der Waals surface area contributed by atoms with Crippen molar-refractivity contribution in [3.8, 4) is 23.0 Å². The summed E-state index contributed by atoms with van der Waals surface area (Å²) >= 11 is 0. The highest BCUT2D eigenvalue weighted by Gasteiger charge is 2.23. The predicted molar refractivity (Wildman–Crippen MR) is 142 cm³/mol. The number of amides is 1. The maximum absolute atomic E-state index is 12.8. The summed E-state index contributed by atoms with van der Waals surface area (Å²) in [5, 5.41) is 2.99. The van der Waals surface area contributed by atoms with Gasteiger partial charge in [-0.05, 0) is 60.4 Å². The maximum atomic E-state index is 12.8. The molecule has 1 N–H and O–H groups in total. The Morgan fingerprint density at radius 1 is 0.973 bits per heavy atom. The van der Waals surface area contributed by atoms with Crippen molar-refractivity contribution in [2.45, 2.75) is 31.7 Å². The predicted octanol–water partition coefficient (Wildman–Crippen LogP) is 5.40. The summed E-state index contributed by atoms with van der Waals surface area (Å²) in [4.78, 5) is 17.4. The molecular weight excluding hydrogens is 466 g/mol. The third-order valence-electron chi connectivity index (χ3n) is 6.70. The molecule has 0 saturated heterocycles. The summed E-state index contributed by atoms with van der Waals surface area (Å²) in [6.45, 7) is 1.32. The Hall–Kier alpha value is -4.26. The molecule has 7 heteroatoms. The van der Waals surface area contributed by atoms with E-state index in [0.29, 0.717) is 36.1 Å². The third kappa shape index (κ3) is 5.77. The van der Waals surface area contributed by atoms with Gasteiger partial charge >= 0.3 is 0 Å². The number of hydrogen-bond donors (Lipinski definition) is 1. The number of para-hydroxylation sites is 1. The zero-order valence-corrected chi connectivity index (χ0v) is 21.1. The molecule has 0 spiro atoms. The number of fused-ring (bicyclic) bond motifs is 1. The number of benzene rings is 3. The first-order valence-corrected chi connectivity index (χ1v) is 12.5. The van der Waals surface area contributed by atoms with E-state index in [2.05, 4.69) is 27.0 Å². The topological polar surface area (TPSA) is 74.6 Å². The lowest BCUT2D eigenvalue weighted by molar-refractivity contribution is 0.0949. The van der Waals surface area contributed by atoms with E-state index in [-0.39, 0.29) is 5.91 Å². The highest BCUT2D eigenvalue weighted by atomic mass is 16.5. The van der Waals surface area contributed by atoms with Gasteiger partial charge in [0.1, 0.15) is 23.0 Å². The van der Waals surface area contributed by atoms with Crippen LogP contribution in [0.25, 0.3) is 0 Å². The summed E-state index contributed by atoms with van der Waals surface area (Å²) < 4.78 is 18.7. The van der Waals surface area contributed by atoms with Crippen LogP contribution < -0.4 is 19.5 Å². The van der Waals surface area contributed by atoms with Crippen LogP contribution in [-0.2, 0) is 19.4 Å². The molecule has 1 unspecified atom stereocenters. The highest BCUT2D eigenvalue weighted by Crippen LogP contribution is 2.31. The minimum atomic E-state index is -0.152. The fourth-order valence-corrected chi connectivity index (χ4v) is 4.71. The van der Waals surface area contributed by atoms with Gasteiger partial charge in [0, 0.05) is 31.6 Å². The first kappa shape index (κ1) is 24.4. The van der Waals surface area contributed by atoms with E-state index in [1.807, 2.05) is 66.9 Å². The monoisotopic (exact) mass is 497 g/mol. The second kappa shape index (κ2) is 11.2. The molecule has 2 heterocycles. The smallest absolute Gasteiger partial charge is 0.271 e. The number of methoxy groups -OCH3 is 2. The minimum Gasteiger partial charge on any atom is -0.493 e. The third-order valence-corrected chi connectivity index (χ3v) is 6.70. The van der Waals surface area contributed by atoms with Gasteiger partial charge in [0.05, 0.1) is 14.2 Å². The molecule has 1 aromatic heterocycles. The first-order valence-electron chi connectivity index (χ1n) is 12.5. The van der Waals surface area contributed by atoms with Crippen LogP contribution in [0, 0.1) is 0 Å². The molecule has 0 fully saturated rings. The molecular formula is C30H31N3O4. The number of nitrogens with one attached hydrogen (secondary N) is 1. The zero-order valence-electron chi connectivity index (χ0n) is 21.1. The van der Waals surface area contributed by atoms with Crippen molar-refractivity contribution >= 4 is 5.91 Å². The number of aromatic nitrogens is 2. The number of nitrogens with zero attached hydrogens (tertiary/aromatic N) is 2. The van der Waals surface area contributed by atoms with Crippen LogP contribution >= 0.6 is 0 Å². The first-order chi connectivity index (χ1) is 18.1. The molecule has 1 atom stereocenters. The van der Waals surface area contributed by atoms with E-state index in [1.165, 1.54) is 5.56 Å². The summed E-state index contributed by atoms with van der Waals surface area (Å²) in [6, 6.07) is 23.9. The molecule has 0 saturated carbocycles. The largest absolute Gasteiger partial charge is 0.493 e. The molecule has 3 aromatic carbocycles. The van der Waals surface area contributed by atoms with E-state index in [0.717, 1.165) is 42.3 Å². The number of rotatable bonds is 9. The van der Waals surface area contributed by atoms with Gasteiger partial charge < -0.3 is 24.1 Å². The average molecular weight is 498 g/mol. The van der Waals surface area contributed by atoms with Crippen molar-refractivity contribution in [2.75, 3.05) is 20.8 Å². The van der Waals surface area contributed by atoms with Crippen LogP contribution in [0.15, 0.2) is 79.0 Å². The Labute approximate surface area is 217 Å². The van der Waals surface area contributed by atoms with Crippen molar-refractivity contribution in [1.82, 2.24) is 14.9 Å². The van der Waals surface area contributed by atoms with Crippen LogP contribution in [0.4, 0.5) is 0 Å². The fourth-order valence-electron chi connectivity index (χ4n) is 4.71. The quantitative estimate of drug-likeness (QED) is 0.335. The average Bonchev–Trinajstić information content (AvgIpc) is 3.38. The lowest BCUT2D eigenvalue weighted by Crippen LogP contribution is -2.26. The molecule has 7 nitrogen and oxygen atoms in total. The van der Waals surface area contributed by atoms with Gasteiger partial charge in [-0.2, -0.15) is 0 Å². The van der Waals surface area contributed by atoms with Gasteiger partial charge in [-0.1, -0.05) is 36.4 Å². The van der Waals surface area contributed by atoms with Gasteiger partial charge in [-0.25, -0.2) is 4.98 Å². The zero-order chi connectivity index (χ0) is 25.6. The van der Waals surface area contributed by atoms with Gasteiger partial charge in [0.2, 0.25) is 0 Å². The number of hydrogen-bond acceptors (Lipinski definition) is 5. The molecule has 5 rings (SSSR count). The van der Waals surface area contributed by atoms with Crippen molar-refractivity contribution in [3.05, 3.63) is 102 Å². The molecule has 0 bridgehead atoms. The van der Waals surface area contributed by atoms with Crippen molar-refractivity contribution in [3.63, 3.8) is 0 Å². The van der Waals surface area contributed by atoms with Gasteiger partial charge in [-0.3, -0.25) is 4.79 Å². The lowest BCUT2D eigenvalue weighted by Gasteiger charge is -2.24. The lowest BCUT2D eigenvalue weighted by atomic mass is 9.91. The summed E-state index contributed by atoms with van der Waals surface area (Å²) in [5.74, 6) is 4.20. The molecule has 1 aliphatic rings. The second-order valence-corrected chi connectivity index (χ2v) is 9.11. The Bertz CT molecular complexity index is 1350. The van der Waals surface area contributed by atoms with E-state index < -0.39 is 0 Å². The van der Waals surface area contributed by atoms with Crippen molar-refractivity contribution < 1.29 is 19.0 Å². The number of carbonyl (C=O) groups excluding carboxylic acids is 1. The molecule has 4 aromatic rings. The fraction of sp³-hybridized carbons (Fsp3) is 0.267. The van der Waals surface area contributed by atoms with E-state index in [4.69, 9.17) is 14.2 Å². The maximum Gasteiger partial charge on any atom is 0.271 e. The Balaban J connectivity index is 1.16. The Morgan fingerprint density at radius 3 is 2.49 bits per heavy atom. The van der Waals surface area contributed by atoms with Crippen molar-refractivity contribution in [2.24, 2.45) is 0 Å². The number of ether oxygens (including phenoxy) is 3. The van der Waals surface area contributed by atoms with Crippen molar-refractivity contribution in [1.29, 1.82) is 0 Å². The number of aryl methyl sites for hydroxylation is 1. The summed E-state index contributed by atoms with van der Waals surface area (Å²) in [7, 11) is 3.23. The van der Waals surface area contributed by atoms with Crippen LogP contribution in [0.5, 0.6) is 23.0 Å². The normalized spacial score (nSPS) is 14.5. The summed E-state index contributed by atoms with van der Waals surface area (Å²) in [5.41, 5.74) is 2.79. The SMILES string of the molecule is COc1ccc(CCNC(=O)c2cn3c(n2)CCC(c2ccc(Oc4ccccc4)cc2)C3)cc1OC. The van der Waals surface area contributed by atoms with Gasteiger partial charge in [0.25, 0.3) is 5.91 Å². The molecule has 1 aliphatic heterocycles. The Morgan fingerprint density at radius 2 is 1.73 bits per heavy atom. The van der Waals surface area contributed by atoms with E-state index >= 15 is 0 Å². The molecule has 37 heavy (non-hydrogen) atoms. The standard InChI is InChI=1S/C30H31N3O4/c1-35-27-14-8-21(18-28(27)36-2)16-17-31-30(34)26-20-33-19-23(11-15-29(33)32-26)22-9-12-25(13-10-22)37-24-6-4-3-5-7-24/h3-10,12-14,18,20,23H,11,15-17,19H2,1-2H3,(H,31,34).